The molecule has 2 nitrogen and oxygen atoms in total. The maximum Gasteiger partial charge on any atom is 0.307 e. The Morgan fingerprint density at radius 1 is 1.67 bits per heavy atom. The van der Waals surface area contributed by atoms with Crippen molar-refractivity contribution in [3.63, 3.8) is 0 Å². The minimum Gasteiger partial charge on any atom is -0.481 e. The zero-order valence-electron chi connectivity index (χ0n) is 7.46. The lowest BCUT2D eigenvalue weighted by Crippen LogP contribution is -2.11. The lowest BCUT2D eigenvalue weighted by molar-refractivity contribution is -0.140. The molecule has 1 unspecified atom stereocenters. The van der Waals surface area contributed by atoms with Crippen LogP contribution in [0.2, 0.25) is 0 Å². The molecule has 0 aliphatic heterocycles. The number of thioether (sulfide) groups is 1. The lowest BCUT2D eigenvalue weighted by Gasteiger charge is -2.03. The Balaban J connectivity index is 3.29. The van der Waals surface area contributed by atoms with E-state index in [-0.39, 0.29) is 5.92 Å². The summed E-state index contributed by atoms with van der Waals surface area (Å²) in [6, 6.07) is 0. The van der Waals surface area contributed by atoms with Crippen molar-refractivity contribution in [2.24, 2.45) is 5.92 Å². The molecule has 0 saturated carbocycles. The molecule has 0 heterocycles. The van der Waals surface area contributed by atoms with Crippen LogP contribution in [0.15, 0.2) is 0 Å². The number of carbonyl (C=O) groups is 1. The fourth-order valence-electron chi connectivity index (χ4n) is 0.580. The monoisotopic (exact) mass is 186 g/mol. The standard InChI is InChI=1S/C9H14O2S/c1-3-4-5-6-12-7-8(2)9(10)11/h8H,5-7H2,1-2H3,(H,10,11). The quantitative estimate of drug-likeness (QED) is 0.526. The van der Waals surface area contributed by atoms with E-state index in [1.165, 1.54) is 0 Å². The van der Waals surface area contributed by atoms with Crippen molar-refractivity contribution >= 4 is 17.7 Å². The molecule has 68 valence electrons. The molecule has 3 heteroatoms. The largest absolute Gasteiger partial charge is 0.481 e. The molecule has 0 amide bonds. The molecule has 0 saturated heterocycles. The van der Waals surface area contributed by atoms with E-state index in [0.717, 1.165) is 12.2 Å². The Labute approximate surface area is 77.7 Å². The third-order valence-corrected chi connectivity index (χ3v) is 2.57. The van der Waals surface area contributed by atoms with Crippen LogP contribution in [0.5, 0.6) is 0 Å². The van der Waals surface area contributed by atoms with E-state index in [1.807, 2.05) is 6.92 Å². The first kappa shape index (κ1) is 11.4. The van der Waals surface area contributed by atoms with Crippen molar-refractivity contribution < 1.29 is 9.90 Å². The summed E-state index contributed by atoms with van der Waals surface area (Å²) in [5, 5.41) is 8.54. The topological polar surface area (TPSA) is 37.3 Å². The van der Waals surface area contributed by atoms with Crippen molar-refractivity contribution in [1.29, 1.82) is 0 Å². The molecular formula is C9H14O2S. The van der Waals surface area contributed by atoms with Gasteiger partial charge in [0.05, 0.1) is 5.92 Å². The van der Waals surface area contributed by atoms with Gasteiger partial charge in [0.1, 0.15) is 0 Å². The van der Waals surface area contributed by atoms with Gasteiger partial charge in [-0.25, -0.2) is 0 Å². The molecule has 1 N–H and O–H groups in total. The molecule has 0 radical (unpaired) electrons. The molecule has 0 aromatic carbocycles. The van der Waals surface area contributed by atoms with Crippen LogP contribution in [0.25, 0.3) is 0 Å². The van der Waals surface area contributed by atoms with Gasteiger partial charge in [-0.2, -0.15) is 11.8 Å². The first-order chi connectivity index (χ1) is 5.68. The Morgan fingerprint density at radius 3 is 2.83 bits per heavy atom. The van der Waals surface area contributed by atoms with Crippen LogP contribution in [-0.4, -0.2) is 22.6 Å². The van der Waals surface area contributed by atoms with Crippen molar-refractivity contribution in [2.45, 2.75) is 20.3 Å². The van der Waals surface area contributed by atoms with Crippen LogP contribution >= 0.6 is 11.8 Å². The summed E-state index contributed by atoms with van der Waals surface area (Å²) in [5.74, 6) is 6.38. The molecule has 0 rings (SSSR count). The number of carboxylic acids is 1. The van der Waals surface area contributed by atoms with Gasteiger partial charge >= 0.3 is 5.97 Å². The number of aliphatic carboxylic acids is 1. The molecule has 0 aromatic rings. The molecule has 12 heavy (non-hydrogen) atoms. The second-order valence-corrected chi connectivity index (χ2v) is 3.64. The molecule has 0 bridgehead atoms. The van der Waals surface area contributed by atoms with E-state index in [9.17, 15) is 4.79 Å². The van der Waals surface area contributed by atoms with Crippen molar-refractivity contribution in [1.82, 2.24) is 0 Å². The Bertz CT molecular complexity index is 190. The Hall–Kier alpha value is -0.620. The highest BCUT2D eigenvalue weighted by molar-refractivity contribution is 7.99. The summed E-state index contributed by atoms with van der Waals surface area (Å²) in [5.41, 5.74) is 0. The number of hydrogen-bond donors (Lipinski definition) is 1. The summed E-state index contributed by atoms with van der Waals surface area (Å²) in [4.78, 5) is 10.4. The zero-order valence-corrected chi connectivity index (χ0v) is 8.28. The van der Waals surface area contributed by atoms with E-state index in [1.54, 1.807) is 18.7 Å². The maximum atomic E-state index is 10.4. The first-order valence-corrected chi connectivity index (χ1v) is 5.04. The fraction of sp³-hybridized carbons (Fsp3) is 0.667. The van der Waals surface area contributed by atoms with Gasteiger partial charge in [0, 0.05) is 17.9 Å². The summed E-state index contributed by atoms with van der Waals surface area (Å²) >= 11 is 1.65. The summed E-state index contributed by atoms with van der Waals surface area (Å²) in [6.07, 6.45) is 0.855. The second kappa shape index (κ2) is 7.05. The first-order valence-electron chi connectivity index (χ1n) is 3.88. The van der Waals surface area contributed by atoms with Gasteiger partial charge in [-0.05, 0) is 6.92 Å². The van der Waals surface area contributed by atoms with Gasteiger partial charge in [-0.1, -0.05) is 6.92 Å². The third-order valence-electron chi connectivity index (χ3n) is 1.34. The third kappa shape index (κ3) is 6.11. The molecule has 0 aromatic heterocycles. The van der Waals surface area contributed by atoms with E-state index in [0.29, 0.717) is 5.75 Å². The van der Waals surface area contributed by atoms with E-state index in [4.69, 9.17) is 5.11 Å². The van der Waals surface area contributed by atoms with Crippen molar-refractivity contribution in [3.05, 3.63) is 0 Å². The van der Waals surface area contributed by atoms with Gasteiger partial charge in [-0.15, -0.1) is 11.8 Å². The molecule has 0 aliphatic rings. The number of rotatable bonds is 5. The van der Waals surface area contributed by atoms with Gasteiger partial charge in [-0.3, -0.25) is 4.79 Å². The van der Waals surface area contributed by atoms with Crippen LogP contribution in [0, 0.1) is 17.8 Å². The van der Waals surface area contributed by atoms with Crippen LogP contribution in [-0.2, 0) is 4.79 Å². The zero-order chi connectivity index (χ0) is 9.40. The second-order valence-electron chi connectivity index (χ2n) is 2.49. The van der Waals surface area contributed by atoms with Gasteiger partial charge in [0.25, 0.3) is 0 Å². The molecular weight excluding hydrogens is 172 g/mol. The van der Waals surface area contributed by atoms with Gasteiger partial charge in [0.15, 0.2) is 0 Å². The normalized spacial score (nSPS) is 11.5. The molecule has 0 aliphatic carbocycles. The van der Waals surface area contributed by atoms with Gasteiger partial charge in [0.2, 0.25) is 0 Å². The predicted molar refractivity (Wildman–Crippen MR) is 52.2 cm³/mol. The predicted octanol–water partition coefficient (Wildman–Crippen LogP) is 1.85. The maximum absolute atomic E-state index is 10.4. The fourth-order valence-corrected chi connectivity index (χ4v) is 1.49. The lowest BCUT2D eigenvalue weighted by atomic mass is 10.2. The van der Waals surface area contributed by atoms with E-state index < -0.39 is 5.97 Å². The molecule has 0 fully saturated rings. The smallest absolute Gasteiger partial charge is 0.307 e. The van der Waals surface area contributed by atoms with E-state index >= 15 is 0 Å². The molecule has 0 spiro atoms. The molecule has 1 atom stereocenters. The number of hydrogen-bond acceptors (Lipinski definition) is 2. The Morgan fingerprint density at radius 2 is 2.33 bits per heavy atom. The highest BCUT2D eigenvalue weighted by Gasteiger charge is 2.09. The highest BCUT2D eigenvalue weighted by atomic mass is 32.2. The van der Waals surface area contributed by atoms with Gasteiger partial charge < -0.3 is 5.11 Å². The minimum atomic E-state index is -0.718. The Kier molecular flexibility index (Phi) is 6.69. The summed E-state index contributed by atoms with van der Waals surface area (Å²) in [7, 11) is 0. The summed E-state index contributed by atoms with van der Waals surface area (Å²) in [6.45, 7) is 3.53. The SMILES string of the molecule is CC#CCCSCC(C)C(=O)O. The average Bonchev–Trinajstić information content (AvgIpc) is 2.03. The van der Waals surface area contributed by atoms with Crippen LogP contribution in [0.4, 0.5) is 0 Å². The van der Waals surface area contributed by atoms with E-state index in [2.05, 4.69) is 11.8 Å². The van der Waals surface area contributed by atoms with Crippen LogP contribution < -0.4 is 0 Å². The number of carboxylic acid groups (broad SMARTS) is 1. The van der Waals surface area contributed by atoms with Crippen molar-refractivity contribution in [3.8, 4) is 11.8 Å². The summed E-state index contributed by atoms with van der Waals surface area (Å²) < 4.78 is 0. The van der Waals surface area contributed by atoms with Crippen molar-refractivity contribution in [2.75, 3.05) is 11.5 Å². The average molecular weight is 186 g/mol. The van der Waals surface area contributed by atoms with Crippen LogP contribution in [0.3, 0.4) is 0 Å². The minimum absolute atomic E-state index is 0.246. The highest BCUT2D eigenvalue weighted by Crippen LogP contribution is 2.08. The van der Waals surface area contributed by atoms with Crippen LogP contribution in [0.1, 0.15) is 20.3 Å².